The van der Waals surface area contributed by atoms with Crippen LogP contribution in [0.15, 0.2) is 21.8 Å². The first kappa shape index (κ1) is 9.95. The maximum atomic E-state index is 4.24. The maximum Gasteiger partial charge on any atom is 0 e. The molecule has 3 heteroatoms. The van der Waals surface area contributed by atoms with Gasteiger partial charge in [0.15, 0.2) is 0 Å². The van der Waals surface area contributed by atoms with Gasteiger partial charge in [0, 0.05) is 0 Å². The molecule has 0 N–H and O–H groups in total. The minimum atomic E-state index is 0. The van der Waals surface area contributed by atoms with Crippen LogP contribution in [0.25, 0.3) is 0 Å². The van der Waals surface area contributed by atoms with E-state index in [1.807, 2.05) is 13.0 Å². The van der Waals surface area contributed by atoms with E-state index in [1.165, 1.54) is 0 Å². The smallest absolute Gasteiger partial charge is 0 e. The van der Waals surface area contributed by atoms with Gasteiger partial charge in [0.2, 0.25) is 0 Å². The molecule has 0 aliphatic carbocycles. The monoisotopic (exact) mass is 411 g/mol. The molecule has 0 amide bonds. The molecule has 1 heterocycles. The molecule has 0 atom stereocenters. The van der Waals surface area contributed by atoms with Crippen LogP contribution in [0.4, 0.5) is 0 Å². The van der Waals surface area contributed by atoms with Crippen molar-refractivity contribution in [2.75, 3.05) is 0 Å². The zero-order valence-corrected chi connectivity index (χ0v) is 9.61. The summed E-state index contributed by atoms with van der Waals surface area (Å²) in [7, 11) is 0. The molecular formula is C9H13LrN2-. The van der Waals surface area contributed by atoms with Gasteiger partial charge < -0.3 is 9.98 Å². The molecule has 0 aromatic carbocycles. The summed E-state index contributed by atoms with van der Waals surface area (Å²) in [5.41, 5.74) is 1.10. The van der Waals surface area contributed by atoms with Crippen LogP contribution in [0.3, 0.4) is 0 Å². The average molecular weight is 411 g/mol. The summed E-state index contributed by atoms with van der Waals surface area (Å²) < 4.78 is 0. The second-order valence-electron chi connectivity index (χ2n) is 2.92. The van der Waals surface area contributed by atoms with Crippen LogP contribution in [0.5, 0.6) is 0 Å². The third-order valence-electron chi connectivity index (χ3n) is 1.52. The van der Waals surface area contributed by atoms with Gasteiger partial charge in [0.25, 0.3) is 0 Å². The molecule has 1 rings (SSSR count). The van der Waals surface area contributed by atoms with Crippen molar-refractivity contribution in [2.45, 2.75) is 20.8 Å². The summed E-state index contributed by atoms with van der Waals surface area (Å²) in [5, 5.41) is 0. The summed E-state index contributed by atoms with van der Waals surface area (Å²) in [4.78, 5) is 8.36. The first-order valence-corrected chi connectivity index (χ1v) is 3.82. The average Bonchev–Trinajstić information content (AvgIpc) is 2.13. The van der Waals surface area contributed by atoms with Crippen molar-refractivity contribution in [1.82, 2.24) is 0 Å². The zero-order valence-electron chi connectivity index (χ0n) is 7.46. The van der Waals surface area contributed by atoms with Crippen LogP contribution >= 0.6 is 0 Å². The van der Waals surface area contributed by atoms with Crippen LogP contribution in [0, 0.1) is 12.0 Å². The predicted octanol–water partition coefficient (Wildman–Crippen LogP) is 2.23. The molecule has 75 valence electrons. The largest absolute Gasteiger partial charge is 0.385 e. The van der Waals surface area contributed by atoms with E-state index in [1.54, 1.807) is 12.4 Å². The van der Waals surface area contributed by atoms with E-state index in [2.05, 4.69) is 23.8 Å². The Bertz CT molecular complexity index is 217. The Labute approximate surface area is 67.8 Å². The van der Waals surface area contributed by atoms with Crippen molar-refractivity contribution in [3.8, 4) is 0 Å². The van der Waals surface area contributed by atoms with Gasteiger partial charge in [0.1, 0.15) is 0 Å². The van der Waals surface area contributed by atoms with Crippen LogP contribution in [-0.2, 0) is 0 Å². The van der Waals surface area contributed by atoms with Crippen molar-refractivity contribution in [2.24, 2.45) is 15.9 Å². The number of hydrogen-bond acceptors (Lipinski definition) is 2. The van der Waals surface area contributed by atoms with Crippen molar-refractivity contribution in [3.63, 3.8) is 0 Å². The molecule has 0 aromatic rings. The van der Waals surface area contributed by atoms with E-state index in [9.17, 15) is 0 Å². The van der Waals surface area contributed by atoms with Crippen LogP contribution in [0.1, 0.15) is 20.8 Å². The molecule has 0 aromatic heterocycles. The molecule has 0 saturated heterocycles. The number of nitrogens with zero attached hydrogens (tertiary/aromatic N) is 2. The van der Waals surface area contributed by atoms with Gasteiger partial charge in [-0.05, 0) is 12.1 Å². The Morgan fingerprint density at radius 3 is 2.58 bits per heavy atom. The Kier molecular flexibility index (Phi) is 3.28. The van der Waals surface area contributed by atoms with Crippen molar-refractivity contribution >= 4 is 12.4 Å². The van der Waals surface area contributed by atoms with Gasteiger partial charge in [-0.1, -0.05) is 38.7 Å². The van der Waals surface area contributed by atoms with Crippen molar-refractivity contribution in [1.29, 1.82) is 0 Å². The molecule has 0 spiro atoms. The quantitative estimate of drug-likeness (QED) is 0.592. The van der Waals surface area contributed by atoms with E-state index in [4.69, 9.17) is 0 Å². The van der Waals surface area contributed by atoms with Crippen molar-refractivity contribution in [3.05, 3.63) is 17.8 Å². The van der Waals surface area contributed by atoms with Gasteiger partial charge in [-0.25, -0.2) is 0 Å². The molecule has 0 unspecified atom stereocenters. The van der Waals surface area contributed by atoms with Gasteiger partial charge >= 0.3 is 0 Å². The number of rotatable bonds is 1. The number of hydrogen-bond donors (Lipinski definition) is 0. The predicted molar refractivity (Wildman–Crippen MR) is 48.8 cm³/mol. The molecule has 1 aliphatic rings. The summed E-state index contributed by atoms with van der Waals surface area (Å²) in [6.07, 6.45) is 5.48. The second-order valence-corrected chi connectivity index (χ2v) is 2.92. The van der Waals surface area contributed by atoms with E-state index in [0.29, 0.717) is 5.92 Å². The second kappa shape index (κ2) is 3.96. The number of aliphatic imine (C=N–C) groups is 2. The van der Waals surface area contributed by atoms with Crippen molar-refractivity contribution < 1.29 is 0 Å². The SMILES string of the molecule is C[C-]1C=C(C(C)C)N=CC=N1.[Lr]. The van der Waals surface area contributed by atoms with Crippen LogP contribution < -0.4 is 0 Å². The summed E-state index contributed by atoms with van der Waals surface area (Å²) in [6, 6.07) is 1.02. The Hall–Kier alpha value is -2.05. The Morgan fingerprint density at radius 2 is 2.00 bits per heavy atom. The van der Waals surface area contributed by atoms with Crippen LogP contribution in [-0.4, -0.2) is 12.4 Å². The molecule has 2 nitrogen and oxygen atoms in total. The molecular weight excluding hydrogens is 398 g/mol. The minimum Gasteiger partial charge on any atom is -0.385 e. The molecule has 0 bridgehead atoms. The third-order valence-corrected chi connectivity index (χ3v) is 1.52. The zero-order chi connectivity index (χ0) is 8.27. The van der Waals surface area contributed by atoms with E-state index >= 15 is 0 Å². The Balaban J connectivity index is 0.00000121. The Morgan fingerprint density at radius 1 is 1.33 bits per heavy atom. The van der Waals surface area contributed by atoms with Gasteiger partial charge in [-0.2, -0.15) is 0 Å². The molecule has 0 saturated carbocycles. The summed E-state index contributed by atoms with van der Waals surface area (Å²) >= 11 is 0. The first-order chi connectivity index (χ1) is 5.20. The van der Waals surface area contributed by atoms with Crippen LogP contribution in [0.2, 0.25) is 0 Å². The molecule has 1 radical (unpaired) electrons. The molecule has 12 heavy (non-hydrogen) atoms. The first-order valence-electron chi connectivity index (χ1n) is 3.82. The minimum absolute atomic E-state index is 0. The fraction of sp³-hybridized carbons (Fsp3) is 0.444. The van der Waals surface area contributed by atoms with E-state index in [-0.39, 0.29) is 0 Å². The van der Waals surface area contributed by atoms with Gasteiger partial charge in [-0.15, -0.1) is 6.08 Å². The fourth-order valence-electron chi connectivity index (χ4n) is 0.875. The summed E-state index contributed by atoms with van der Waals surface area (Å²) in [5.74, 6) is 0.475. The summed E-state index contributed by atoms with van der Waals surface area (Å²) in [6.45, 7) is 6.23. The van der Waals surface area contributed by atoms with Gasteiger partial charge in [-0.3, -0.25) is 0 Å². The fourth-order valence-corrected chi connectivity index (χ4v) is 0.875. The topological polar surface area (TPSA) is 24.7 Å². The van der Waals surface area contributed by atoms with Gasteiger partial charge in [0.05, 0.1) is 0 Å². The maximum absolute atomic E-state index is 4.24. The standard InChI is InChI=1S/C9H13N2.Lr/c1-7(2)9-6-8(3)10-4-5-11-9;/h4-7H,1-3H3;/q-1;. The third kappa shape index (κ3) is 2.29. The van der Waals surface area contributed by atoms with E-state index in [0.717, 1.165) is 11.7 Å². The number of allylic oxidation sites excluding steroid dienone is 1. The van der Waals surface area contributed by atoms with E-state index < -0.39 is 0 Å². The molecule has 0 fully saturated rings. The normalized spacial score (nSPS) is 15.7. The molecule has 1 aliphatic heterocycles.